The quantitative estimate of drug-likeness (QED) is 0.884. The topological polar surface area (TPSA) is 29.1 Å². The van der Waals surface area contributed by atoms with Gasteiger partial charge in [-0.1, -0.05) is 55.5 Å². The highest BCUT2D eigenvalue weighted by Crippen LogP contribution is 2.18. The Bertz CT molecular complexity index is 568. The average Bonchev–Trinajstić information content (AvgIpc) is 2.47. The average molecular weight is 271 g/mol. The van der Waals surface area contributed by atoms with Gasteiger partial charge in [0, 0.05) is 18.5 Å². The van der Waals surface area contributed by atoms with Gasteiger partial charge in [-0.15, -0.1) is 0 Å². The van der Waals surface area contributed by atoms with Gasteiger partial charge < -0.3 is 5.32 Å². The van der Waals surface area contributed by atoms with Crippen molar-refractivity contribution in [3.63, 3.8) is 0 Å². The van der Waals surface area contributed by atoms with Crippen LogP contribution in [0.3, 0.4) is 0 Å². The van der Waals surface area contributed by atoms with Crippen LogP contribution in [-0.2, 0) is 11.3 Å². The lowest BCUT2D eigenvalue weighted by atomic mass is 9.97. The standard InChI is InChI=1S/C17H18FNO/c1-13(14-7-3-2-4-8-14)11-17(20)19-12-15-9-5-6-10-16(15)18/h2-10,13H,11-12H2,1H3,(H,19,20)/t13-/m1/s1. The molecule has 2 aromatic rings. The van der Waals surface area contributed by atoms with Crippen LogP contribution < -0.4 is 5.32 Å². The predicted molar refractivity (Wildman–Crippen MR) is 77.7 cm³/mol. The minimum absolute atomic E-state index is 0.0652. The van der Waals surface area contributed by atoms with Gasteiger partial charge in [0.15, 0.2) is 0 Å². The van der Waals surface area contributed by atoms with Crippen LogP contribution in [0.1, 0.15) is 30.4 Å². The van der Waals surface area contributed by atoms with E-state index in [1.54, 1.807) is 18.2 Å². The second kappa shape index (κ2) is 6.85. The summed E-state index contributed by atoms with van der Waals surface area (Å²) < 4.78 is 13.4. The van der Waals surface area contributed by atoms with Crippen molar-refractivity contribution in [2.45, 2.75) is 25.8 Å². The van der Waals surface area contributed by atoms with Crippen LogP contribution in [0.4, 0.5) is 4.39 Å². The molecule has 0 aliphatic rings. The van der Waals surface area contributed by atoms with Crippen LogP contribution in [0.15, 0.2) is 54.6 Å². The first-order chi connectivity index (χ1) is 9.66. The van der Waals surface area contributed by atoms with Crippen LogP contribution in [0.2, 0.25) is 0 Å². The zero-order valence-corrected chi connectivity index (χ0v) is 11.5. The fraction of sp³-hybridized carbons (Fsp3) is 0.235. The number of carbonyl (C=O) groups is 1. The maximum atomic E-state index is 13.4. The zero-order valence-electron chi connectivity index (χ0n) is 11.5. The summed E-state index contributed by atoms with van der Waals surface area (Å²) in [5.74, 6) is -0.203. The third-order valence-electron chi connectivity index (χ3n) is 3.29. The summed E-state index contributed by atoms with van der Waals surface area (Å²) in [6.07, 6.45) is 0.401. The van der Waals surface area contributed by atoms with Gasteiger partial charge in [-0.2, -0.15) is 0 Å². The molecule has 2 aromatic carbocycles. The number of nitrogens with one attached hydrogen (secondary N) is 1. The van der Waals surface area contributed by atoms with Crippen LogP contribution in [0, 0.1) is 5.82 Å². The molecule has 0 aliphatic heterocycles. The van der Waals surface area contributed by atoms with E-state index >= 15 is 0 Å². The third kappa shape index (κ3) is 3.92. The maximum Gasteiger partial charge on any atom is 0.220 e. The minimum Gasteiger partial charge on any atom is -0.352 e. The highest BCUT2D eigenvalue weighted by Gasteiger charge is 2.11. The fourth-order valence-corrected chi connectivity index (χ4v) is 2.09. The summed E-state index contributed by atoms with van der Waals surface area (Å²) in [6, 6.07) is 16.4. The van der Waals surface area contributed by atoms with Crippen molar-refractivity contribution in [2.24, 2.45) is 0 Å². The Morgan fingerprint density at radius 1 is 1.10 bits per heavy atom. The largest absolute Gasteiger partial charge is 0.352 e. The lowest BCUT2D eigenvalue weighted by Gasteiger charge is -2.12. The van der Waals surface area contributed by atoms with Crippen molar-refractivity contribution < 1.29 is 9.18 Å². The number of hydrogen-bond acceptors (Lipinski definition) is 1. The second-order valence-corrected chi connectivity index (χ2v) is 4.88. The second-order valence-electron chi connectivity index (χ2n) is 4.88. The molecular weight excluding hydrogens is 253 g/mol. The first kappa shape index (κ1) is 14.3. The van der Waals surface area contributed by atoms with Gasteiger partial charge in [-0.05, 0) is 17.5 Å². The third-order valence-corrected chi connectivity index (χ3v) is 3.29. The number of hydrogen-bond donors (Lipinski definition) is 1. The normalized spacial score (nSPS) is 11.9. The monoisotopic (exact) mass is 271 g/mol. The van der Waals surface area contributed by atoms with Gasteiger partial charge in [-0.3, -0.25) is 4.79 Å². The molecule has 104 valence electrons. The van der Waals surface area contributed by atoms with Gasteiger partial charge in [-0.25, -0.2) is 4.39 Å². The van der Waals surface area contributed by atoms with Crippen molar-refractivity contribution in [1.29, 1.82) is 0 Å². The zero-order chi connectivity index (χ0) is 14.4. The molecule has 1 amide bonds. The Morgan fingerprint density at radius 3 is 2.45 bits per heavy atom. The molecule has 0 aromatic heterocycles. The summed E-state index contributed by atoms with van der Waals surface area (Å²) in [5, 5.41) is 2.76. The fourth-order valence-electron chi connectivity index (χ4n) is 2.09. The molecule has 0 fully saturated rings. The highest BCUT2D eigenvalue weighted by molar-refractivity contribution is 5.76. The molecule has 0 saturated heterocycles. The molecule has 0 saturated carbocycles. The van der Waals surface area contributed by atoms with Gasteiger partial charge in [0.2, 0.25) is 5.91 Å². The highest BCUT2D eigenvalue weighted by atomic mass is 19.1. The molecule has 0 aliphatic carbocycles. The number of benzene rings is 2. The van der Waals surface area contributed by atoms with Crippen LogP contribution in [-0.4, -0.2) is 5.91 Å². The van der Waals surface area contributed by atoms with Crippen molar-refractivity contribution in [1.82, 2.24) is 5.32 Å². The van der Waals surface area contributed by atoms with Crippen LogP contribution in [0.25, 0.3) is 0 Å². The maximum absolute atomic E-state index is 13.4. The van der Waals surface area contributed by atoms with E-state index in [2.05, 4.69) is 5.32 Å². The Kier molecular flexibility index (Phi) is 4.88. The Hall–Kier alpha value is -2.16. The molecule has 1 atom stereocenters. The lowest BCUT2D eigenvalue weighted by Crippen LogP contribution is -2.24. The van der Waals surface area contributed by atoms with E-state index in [4.69, 9.17) is 0 Å². The summed E-state index contributed by atoms with van der Waals surface area (Å²) in [6.45, 7) is 2.24. The molecule has 0 unspecified atom stereocenters. The van der Waals surface area contributed by atoms with E-state index in [0.717, 1.165) is 5.56 Å². The molecular formula is C17H18FNO. The summed E-state index contributed by atoms with van der Waals surface area (Å²) in [4.78, 5) is 11.9. The van der Waals surface area contributed by atoms with Crippen LogP contribution in [0.5, 0.6) is 0 Å². The lowest BCUT2D eigenvalue weighted by molar-refractivity contribution is -0.121. The summed E-state index contributed by atoms with van der Waals surface area (Å²) >= 11 is 0. The summed E-state index contributed by atoms with van der Waals surface area (Å²) in [5.41, 5.74) is 1.64. The van der Waals surface area contributed by atoms with Gasteiger partial charge in [0.05, 0.1) is 0 Å². The molecule has 3 heteroatoms. The smallest absolute Gasteiger partial charge is 0.220 e. The van der Waals surface area contributed by atoms with Crippen LogP contribution >= 0.6 is 0 Å². The number of carbonyl (C=O) groups excluding carboxylic acids is 1. The van der Waals surface area contributed by atoms with Crippen molar-refractivity contribution in [2.75, 3.05) is 0 Å². The van der Waals surface area contributed by atoms with Crippen molar-refractivity contribution in [3.8, 4) is 0 Å². The molecule has 0 bridgehead atoms. The van der Waals surface area contributed by atoms with E-state index in [-0.39, 0.29) is 24.2 Å². The molecule has 2 nitrogen and oxygen atoms in total. The van der Waals surface area contributed by atoms with Crippen molar-refractivity contribution >= 4 is 5.91 Å². The molecule has 1 N–H and O–H groups in total. The number of rotatable bonds is 5. The molecule has 2 rings (SSSR count). The molecule has 0 radical (unpaired) electrons. The van der Waals surface area contributed by atoms with E-state index in [1.807, 2.05) is 37.3 Å². The van der Waals surface area contributed by atoms with Gasteiger partial charge in [0.25, 0.3) is 0 Å². The first-order valence-corrected chi connectivity index (χ1v) is 6.72. The number of amides is 1. The molecule has 0 heterocycles. The van der Waals surface area contributed by atoms with Gasteiger partial charge in [0.1, 0.15) is 5.82 Å². The van der Waals surface area contributed by atoms with E-state index in [9.17, 15) is 9.18 Å². The van der Waals surface area contributed by atoms with E-state index in [1.165, 1.54) is 6.07 Å². The Labute approximate surface area is 118 Å². The summed E-state index contributed by atoms with van der Waals surface area (Å²) in [7, 11) is 0. The van der Waals surface area contributed by atoms with E-state index < -0.39 is 0 Å². The predicted octanol–water partition coefficient (Wildman–Crippen LogP) is 3.64. The number of halogens is 1. The molecule has 20 heavy (non-hydrogen) atoms. The first-order valence-electron chi connectivity index (χ1n) is 6.72. The van der Waals surface area contributed by atoms with Crippen molar-refractivity contribution in [3.05, 3.63) is 71.5 Å². The van der Waals surface area contributed by atoms with E-state index in [0.29, 0.717) is 12.0 Å². The Balaban J connectivity index is 1.86. The minimum atomic E-state index is -0.288. The SMILES string of the molecule is C[C@H](CC(=O)NCc1ccccc1F)c1ccccc1. The Morgan fingerprint density at radius 2 is 1.75 bits per heavy atom. The molecule has 0 spiro atoms. The van der Waals surface area contributed by atoms with Gasteiger partial charge >= 0.3 is 0 Å².